The first kappa shape index (κ1) is 11.1. The van der Waals surface area contributed by atoms with E-state index in [9.17, 15) is 0 Å². The van der Waals surface area contributed by atoms with Gasteiger partial charge in [-0.3, -0.25) is 9.97 Å². The molecule has 3 nitrogen and oxygen atoms in total. The van der Waals surface area contributed by atoms with E-state index < -0.39 is 0 Å². The van der Waals surface area contributed by atoms with Gasteiger partial charge in [0.2, 0.25) is 0 Å². The van der Waals surface area contributed by atoms with Crippen molar-refractivity contribution >= 4 is 21.6 Å². The molecule has 4 heteroatoms. The largest absolute Gasteiger partial charge is 0.378 e. The molecule has 2 aromatic heterocycles. The molecular formula is C12H12BrN3. The van der Waals surface area contributed by atoms with Crippen LogP contribution in [0.2, 0.25) is 0 Å². The highest BCUT2D eigenvalue weighted by Gasteiger charge is 1.99. The summed E-state index contributed by atoms with van der Waals surface area (Å²) in [4.78, 5) is 8.41. The lowest BCUT2D eigenvalue weighted by atomic mass is 10.2. The Hall–Kier alpha value is -1.42. The van der Waals surface area contributed by atoms with E-state index in [1.54, 1.807) is 12.4 Å². The molecule has 2 rings (SSSR count). The maximum atomic E-state index is 4.32. The van der Waals surface area contributed by atoms with Gasteiger partial charge in [-0.25, -0.2) is 0 Å². The summed E-state index contributed by atoms with van der Waals surface area (Å²) >= 11 is 3.38. The quantitative estimate of drug-likeness (QED) is 0.937. The van der Waals surface area contributed by atoms with Crippen LogP contribution in [-0.2, 0) is 6.54 Å². The Morgan fingerprint density at radius 3 is 3.00 bits per heavy atom. The maximum absolute atomic E-state index is 4.32. The summed E-state index contributed by atoms with van der Waals surface area (Å²) in [6, 6.07) is 5.99. The van der Waals surface area contributed by atoms with Crippen molar-refractivity contribution in [2.24, 2.45) is 0 Å². The predicted octanol–water partition coefficient (Wildman–Crippen LogP) is 3.16. The highest BCUT2D eigenvalue weighted by molar-refractivity contribution is 9.10. The molecule has 0 saturated heterocycles. The Morgan fingerprint density at radius 2 is 2.25 bits per heavy atom. The standard InChI is InChI=1S/C12H12BrN3/c1-9-3-2-4-15-12(9)8-16-11-5-10(13)6-14-7-11/h2-7,16H,8H2,1H3. The van der Waals surface area contributed by atoms with Gasteiger partial charge in [-0.2, -0.15) is 0 Å². The number of hydrogen-bond donors (Lipinski definition) is 1. The zero-order chi connectivity index (χ0) is 11.4. The third kappa shape index (κ3) is 2.79. The molecule has 0 radical (unpaired) electrons. The fraction of sp³-hybridized carbons (Fsp3) is 0.167. The summed E-state index contributed by atoms with van der Waals surface area (Å²) in [6.45, 7) is 2.77. The molecule has 2 aromatic rings. The van der Waals surface area contributed by atoms with Crippen LogP contribution in [0.5, 0.6) is 0 Å². The number of halogens is 1. The van der Waals surface area contributed by atoms with Crippen LogP contribution in [0.25, 0.3) is 0 Å². The molecule has 0 amide bonds. The van der Waals surface area contributed by atoms with Crippen molar-refractivity contribution in [1.29, 1.82) is 0 Å². The van der Waals surface area contributed by atoms with Gasteiger partial charge in [0.1, 0.15) is 0 Å². The van der Waals surface area contributed by atoms with Crippen LogP contribution >= 0.6 is 15.9 Å². The molecule has 1 N–H and O–H groups in total. The van der Waals surface area contributed by atoms with E-state index >= 15 is 0 Å². The van der Waals surface area contributed by atoms with Crippen LogP contribution < -0.4 is 5.32 Å². The maximum Gasteiger partial charge on any atom is 0.0623 e. The van der Waals surface area contributed by atoms with Crippen LogP contribution in [0.15, 0.2) is 41.3 Å². The topological polar surface area (TPSA) is 37.8 Å². The second-order valence-corrected chi connectivity index (χ2v) is 4.43. The van der Waals surface area contributed by atoms with Crippen molar-refractivity contribution in [3.63, 3.8) is 0 Å². The number of anilines is 1. The molecule has 0 saturated carbocycles. The molecule has 0 aliphatic carbocycles. The molecule has 2 heterocycles. The van der Waals surface area contributed by atoms with Crippen molar-refractivity contribution in [3.8, 4) is 0 Å². The Morgan fingerprint density at radius 1 is 1.38 bits per heavy atom. The first-order valence-electron chi connectivity index (χ1n) is 5.00. The molecule has 0 atom stereocenters. The monoisotopic (exact) mass is 277 g/mol. The second-order valence-electron chi connectivity index (χ2n) is 3.51. The fourth-order valence-electron chi connectivity index (χ4n) is 1.40. The second kappa shape index (κ2) is 5.07. The van der Waals surface area contributed by atoms with Gasteiger partial charge in [0, 0.05) is 16.9 Å². The summed E-state index contributed by atoms with van der Waals surface area (Å²) in [5, 5.41) is 3.29. The molecule has 0 fully saturated rings. The normalized spacial score (nSPS) is 10.1. The SMILES string of the molecule is Cc1cccnc1CNc1cncc(Br)c1. The lowest BCUT2D eigenvalue weighted by Gasteiger charge is -2.07. The number of pyridine rings is 2. The Balaban J connectivity index is 2.05. The lowest BCUT2D eigenvalue weighted by molar-refractivity contribution is 1.01. The van der Waals surface area contributed by atoms with E-state index in [1.165, 1.54) is 5.56 Å². The summed E-state index contributed by atoms with van der Waals surface area (Å²) in [6.07, 6.45) is 5.36. The molecule has 0 unspecified atom stereocenters. The summed E-state index contributed by atoms with van der Waals surface area (Å²) < 4.78 is 0.968. The fourth-order valence-corrected chi connectivity index (χ4v) is 1.76. The highest BCUT2D eigenvalue weighted by Crippen LogP contribution is 2.14. The average Bonchev–Trinajstić information content (AvgIpc) is 2.28. The lowest BCUT2D eigenvalue weighted by Crippen LogP contribution is -2.03. The van der Waals surface area contributed by atoms with Crippen molar-refractivity contribution in [3.05, 3.63) is 52.5 Å². The molecule has 0 aromatic carbocycles. The van der Waals surface area contributed by atoms with Gasteiger partial charge in [0.25, 0.3) is 0 Å². The summed E-state index contributed by atoms with van der Waals surface area (Å²) in [5.74, 6) is 0. The molecule has 0 bridgehead atoms. The molecule has 0 spiro atoms. The van der Waals surface area contributed by atoms with Crippen molar-refractivity contribution in [2.45, 2.75) is 13.5 Å². The van der Waals surface area contributed by atoms with Gasteiger partial charge >= 0.3 is 0 Å². The highest BCUT2D eigenvalue weighted by atomic mass is 79.9. The van der Waals surface area contributed by atoms with Crippen LogP contribution in [0.3, 0.4) is 0 Å². The Bertz CT molecular complexity index is 485. The molecule has 16 heavy (non-hydrogen) atoms. The zero-order valence-corrected chi connectivity index (χ0v) is 10.5. The van der Waals surface area contributed by atoms with Crippen LogP contribution in [-0.4, -0.2) is 9.97 Å². The molecule has 0 aliphatic rings. The molecular weight excluding hydrogens is 266 g/mol. The smallest absolute Gasteiger partial charge is 0.0623 e. The van der Waals surface area contributed by atoms with Crippen molar-refractivity contribution < 1.29 is 0 Å². The third-order valence-electron chi connectivity index (χ3n) is 2.28. The number of hydrogen-bond acceptors (Lipinski definition) is 3. The third-order valence-corrected chi connectivity index (χ3v) is 2.72. The Kier molecular flexibility index (Phi) is 3.51. The van der Waals surface area contributed by atoms with Gasteiger partial charge in [0.05, 0.1) is 24.1 Å². The van der Waals surface area contributed by atoms with Crippen LogP contribution in [0.4, 0.5) is 5.69 Å². The van der Waals surface area contributed by atoms with E-state index in [1.807, 2.05) is 18.3 Å². The first-order valence-corrected chi connectivity index (χ1v) is 5.80. The minimum absolute atomic E-state index is 0.713. The number of nitrogens with zero attached hydrogens (tertiary/aromatic N) is 2. The van der Waals surface area contributed by atoms with Gasteiger partial charge < -0.3 is 5.32 Å². The van der Waals surface area contributed by atoms with Crippen LogP contribution in [0, 0.1) is 6.92 Å². The first-order chi connectivity index (χ1) is 7.75. The van der Waals surface area contributed by atoms with E-state index in [2.05, 4.69) is 44.2 Å². The number of aryl methyl sites for hydroxylation is 1. The predicted molar refractivity (Wildman–Crippen MR) is 68.2 cm³/mol. The number of nitrogens with one attached hydrogen (secondary N) is 1. The minimum Gasteiger partial charge on any atom is -0.378 e. The average molecular weight is 278 g/mol. The van der Waals surface area contributed by atoms with E-state index in [0.717, 1.165) is 15.9 Å². The number of rotatable bonds is 3. The molecule has 82 valence electrons. The minimum atomic E-state index is 0.713. The zero-order valence-electron chi connectivity index (χ0n) is 8.94. The van der Waals surface area contributed by atoms with Crippen molar-refractivity contribution in [1.82, 2.24) is 9.97 Å². The van der Waals surface area contributed by atoms with Crippen LogP contribution in [0.1, 0.15) is 11.3 Å². The van der Waals surface area contributed by atoms with Gasteiger partial charge in [0.15, 0.2) is 0 Å². The van der Waals surface area contributed by atoms with Gasteiger partial charge in [-0.05, 0) is 40.5 Å². The Labute approximate surface area is 103 Å². The van der Waals surface area contributed by atoms with Crippen molar-refractivity contribution in [2.75, 3.05) is 5.32 Å². The number of aromatic nitrogens is 2. The summed E-state index contributed by atoms with van der Waals surface area (Å²) in [5.41, 5.74) is 3.24. The molecule has 0 aliphatic heterocycles. The van der Waals surface area contributed by atoms with E-state index in [-0.39, 0.29) is 0 Å². The van der Waals surface area contributed by atoms with Gasteiger partial charge in [-0.15, -0.1) is 0 Å². The van der Waals surface area contributed by atoms with E-state index in [0.29, 0.717) is 6.54 Å². The summed E-state index contributed by atoms with van der Waals surface area (Å²) in [7, 11) is 0. The van der Waals surface area contributed by atoms with E-state index in [4.69, 9.17) is 0 Å². The van der Waals surface area contributed by atoms with Gasteiger partial charge in [-0.1, -0.05) is 6.07 Å².